The molecule has 0 bridgehead atoms. The summed E-state index contributed by atoms with van der Waals surface area (Å²) in [4.78, 5) is 25.9. The summed E-state index contributed by atoms with van der Waals surface area (Å²) in [7, 11) is 1.55. The molecule has 1 aromatic rings. The average molecular weight is 269 g/mol. The lowest BCUT2D eigenvalue weighted by Crippen LogP contribution is -2.26. The van der Waals surface area contributed by atoms with Gasteiger partial charge in [-0.2, -0.15) is 0 Å². The fourth-order valence-electron chi connectivity index (χ4n) is 1.77. The number of hydrogen-bond donors (Lipinski definition) is 2. The highest BCUT2D eigenvalue weighted by Crippen LogP contribution is 2.38. The van der Waals surface area contributed by atoms with E-state index in [0.717, 1.165) is 18.1 Å². The van der Waals surface area contributed by atoms with E-state index in [-0.39, 0.29) is 17.4 Å². The summed E-state index contributed by atoms with van der Waals surface area (Å²) in [5, 5.41) is 3.33. The standard InChI is InChI=1S/C12H19N3O2S/c1-5-15(6-2)12-8(11(17)14-4)9(13)10(18-12)7(3)16/h5-6,13H2,1-4H3,(H,14,17). The Hall–Kier alpha value is -1.56. The van der Waals surface area contributed by atoms with Crippen LogP contribution in [0.5, 0.6) is 0 Å². The van der Waals surface area contributed by atoms with E-state index in [9.17, 15) is 9.59 Å². The van der Waals surface area contributed by atoms with Gasteiger partial charge in [0.25, 0.3) is 5.91 Å². The van der Waals surface area contributed by atoms with E-state index < -0.39 is 0 Å². The third-order valence-corrected chi connectivity index (χ3v) is 4.12. The van der Waals surface area contributed by atoms with Crippen molar-refractivity contribution in [1.29, 1.82) is 0 Å². The summed E-state index contributed by atoms with van der Waals surface area (Å²) in [6, 6.07) is 0. The Morgan fingerprint density at radius 3 is 2.28 bits per heavy atom. The highest BCUT2D eigenvalue weighted by molar-refractivity contribution is 7.19. The molecule has 3 N–H and O–H groups in total. The number of carbonyl (C=O) groups is 2. The van der Waals surface area contributed by atoms with Gasteiger partial charge in [-0.3, -0.25) is 9.59 Å². The Balaban J connectivity index is 3.43. The number of nitrogens with one attached hydrogen (secondary N) is 1. The Bertz CT molecular complexity index is 464. The highest BCUT2D eigenvalue weighted by atomic mass is 32.1. The molecule has 1 rings (SSSR count). The second-order valence-corrected chi connectivity index (χ2v) is 4.83. The second-order valence-electron chi connectivity index (χ2n) is 3.83. The summed E-state index contributed by atoms with van der Waals surface area (Å²) < 4.78 is 0. The van der Waals surface area contributed by atoms with Crippen molar-refractivity contribution in [2.45, 2.75) is 20.8 Å². The second kappa shape index (κ2) is 5.86. The summed E-state index contributed by atoms with van der Waals surface area (Å²) in [6.45, 7) is 6.98. The molecule has 0 aliphatic carbocycles. The number of ketones is 1. The minimum absolute atomic E-state index is 0.110. The van der Waals surface area contributed by atoms with Gasteiger partial charge in [0.2, 0.25) is 0 Å². The molecule has 0 aliphatic heterocycles. The number of thiophene rings is 1. The van der Waals surface area contributed by atoms with E-state index in [4.69, 9.17) is 5.73 Å². The molecule has 0 atom stereocenters. The van der Waals surface area contributed by atoms with Gasteiger partial charge in [-0.15, -0.1) is 11.3 Å². The molecule has 0 aromatic carbocycles. The molecule has 5 nitrogen and oxygen atoms in total. The van der Waals surface area contributed by atoms with Crippen molar-refractivity contribution in [2.75, 3.05) is 30.8 Å². The van der Waals surface area contributed by atoms with Crippen molar-refractivity contribution in [3.8, 4) is 0 Å². The fraction of sp³-hybridized carbons (Fsp3) is 0.500. The predicted octanol–water partition coefficient (Wildman–Crippen LogP) is 1.74. The number of nitrogen functional groups attached to an aromatic ring is 1. The smallest absolute Gasteiger partial charge is 0.256 e. The molecule has 0 unspecified atom stereocenters. The number of rotatable bonds is 5. The SMILES string of the molecule is CCN(CC)c1sc(C(C)=O)c(N)c1C(=O)NC. The van der Waals surface area contributed by atoms with E-state index in [0.29, 0.717) is 10.4 Å². The minimum Gasteiger partial charge on any atom is -0.397 e. The zero-order valence-corrected chi connectivity index (χ0v) is 12.0. The van der Waals surface area contributed by atoms with Gasteiger partial charge < -0.3 is 16.0 Å². The maximum Gasteiger partial charge on any atom is 0.256 e. The summed E-state index contributed by atoms with van der Waals surface area (Å²) in [5.74, 6) is -0.362. The minimum atomic E-state index is -0.252. The highest BCUT2D eigenvalue weighted by Gasteiger charge is 2.25. The number of nitrogens with two attached hydrogens (primary N) is 1. The van der Waals surface area contributed by atoms with Crippen molar-refractivity contribution < 1.29 is 9.59 Å². The summed E-state index contributed by atoms with van der Waals surface area (Å²) in [5.41, 5.74) is 6.63. The number of nitrogens with zero attached hydrogens (tertiary/aromatic N) is 1. The molecule has 0 radical (unpaired) electrons. The average Bonchev–Trinajstić information content (AvgIpc) is 2.68. The molecule has 18 heavy (non-hydrogen) atoms. The molecule has 0 saturated heterocycles. The van der Waals surface area contributed by atoms with Gasteiger partial charge >= 0.3 is 0 Å². The van der Waals surface area contributed by atoms with Crippen LogP contribution in [0.3, 0.4) is 0 Å². The van der Waals surface area contributed by atoms with Crippen LogP contribution in [0.25, 0.3) is 0 Å². The van der Waals surface area contributed by atoms with Gasteiger partial charge in [-0.1, -0.05) is 0 Å². The quantitative estimate of drug-likeness (QED) is 0.798. The number of Topliss-reactive ketones (excluding diaryl/α,β-unsaturated/α-hetero) is 1. The molecule has 0 spiro atoms. The molecule has 0 saturated carbocycles. The molecule has 6 heteroatoms. The first-order valence-electron chi connectivity index (χ1n) is 5.88. The lowest BCUT2D eigenvalue weighted by Gasteiger charge is -2.20. The van der Waals surface area contributed by atoms with Crippen LogP contribution in [0.15, 0.2) is 0 Å². The Morgan fingerprint density at radius 2 is 1.89 bits per heavy atom. The van der Waals surface area contributed by atoms with Crippen LogP contribution in [-0.4, -0.2) is 31.8 Å². The third-order valence-electron chi connectivity index (χ3n) is 2.75. The lowest BCUT2D eigenvalue weighted by atomic mass is 10.2. The van der Waals surface area contributed by atoms with Crippen molar-refractivity contribution in [3.05, 3.63) is 10.4 Å². The van der Waals surface area contributed by atoms with E-state index in [1.165, 1.54) is 18.3 Å². The number of hydrogen-bond acceptors (Lipinski definition) is 5. The lowest BCUT2D eigenvalue weighted by molar-refractivity contribution is 0.0964. The van der Waals surface area contributed by atoms with Crippen molar-refractivity contribution in [3.63, 3.8) is 0 Å². The molecular formula is C12H19N3O2S. The monoisotopic (exact) mass is 269 g/mol. The predicted molar refractivity (Wildman–Crippen MR) is 75.7 cm³/mol. The summed E-state index contributed by atoms with van der Waals surface area (Å²) >= 11 is 1.29. The molecule has 0 aliphatic rings. The first kappa shape index (κ1) is 14.5. The third kappa shape index (κ3) is 2.48. The fourth-order valence-corrected chi connectivity index (χ4v) is 3.01. The molecular weight excluding hydrogens is 250 g/mol. The topological polar surface area (TPSA) is 75.4 Å². The van der Waals surface area contributed by atoms with E-state index in [2.05, 4.69) is 5.32 Å². The largest absolute Gasteiger partial charge is 0.397 e. The van der Waals surface area contributed by atoms with Gasteiger partial charge in [0, 0.05) is 27.1 Å². The first-order valence-corrected chi connectivity index (χ1v) is 6.69. The molecule has 0 fully saturated rings. The van der Waals surface area contributed by atoms with Crippen molar-refractivity contribution in [1.82, 2.24) is 5.32 Å². The molecule has 1 amide bonds. The van der Waals surface area contributed by atoms with Crippen LogP contribution in [-0.2, 0) is 0 Å². The zero-order chi connectivity index (χ0) is 13.9. The van der Waals surface area contributed by atoms with Gasteiger partial charge in [0.05, 0.1) is 16.1 Å². The Kier molecular flexibility index (Phi) is 4.72. The van der Waals surface area contributed by atoms with Crippen LogP contribution in [0.1, 0.15) is 40.8 Å². The first-order chi connectivity index (χ1) is 8.47. The number of amides is 1. The van der Waals surface area contributed by atoms with E-state index >= 15 is 0 Å². The van der Waals surface area contributed by atoms with Crippen LogP contribution in [0.4, 0.5) is 10.7 Å². The van der Waals surface area contributed by atoms with E-state index in [1.807, 2.05) is 18.7 Å². The normalized spacial score (nSPS) is 10.2. The van der Waals surface area contributed by atoms with Crippen molar-refractivity contribution in [2.24, 2.45) is 0 Å². The molecule has 1 aromatic heterocycles. The molecule has 1 heterocycles. The van der Waals surface area contributed by atoms with Gasteiger partial charge in [-0.05, 0) is 13.8 Å². The van der Waals surface area contributed by atoms with E-state index in [1.54, 1.807) is 7.05 Å². The maximum atomic E-state index is 11.9. The number of carbonyl (C=O) groups excluding carboxylic acids is 2. The maximum absolute atomic E-state index is 11.9. The Labute approximate surface area is 111 Å². The Morgan fingerprint density at radius 1 is 1.33 bits per heavy atom. The van der Waals surface area contributed by atoms with Gasteiger partial charge in [-0.25, -0.2) is 0 Å². The molecule has 100 valence electrons. The van der Waals surface area contributed by atoms with Crippen LogP contribution in [0, 0.1) is 0 Å². The zero-order valence-electron chi connectivity index (χ0n) is 11.2. The van der Waals surface area contributed by atoms with Crippen LogP contribution < -0.4 is 16.0 Å². The van der Waals surface area contributed by atoms with Crippen molar-refractivity contribution >= 4 is 33.7 Å². The van der Waals surface area contributed by atoms with Gasteiger partial charge in [0.15, 0.2) is 5.78 Å². The summed E-state index contributed by atoms with van der Waals surface area (Å²) in [6.07, 6.45) is 0. The van der Waals surface area contributed by atoms with Crippen LogP contribution >= 0.6 is 11.3 Å². The van der Waals surface area contributed by atoms with Gasteiger partial charge in [0.1, 0.15) is 5.00 Å². The van der Waals surface area contributed by atoms with Crippen LogP contribution in [0.2, 0.25) is 0 Å². The number of anilines is 2.